The van der Waals surface area contributed by atoms with Gasteiger partial charge in [-0.1, -0.05) is 24.1 Å². The largest absolute Gasteiger partial charge is 0.489 e. The molecule has 1 aromatic heterocycles. The Morgan fingerprint density at radius 3 is 2.67 bits per heavy atom. The lowest BCUT2D eigenvalue weighted by molar-refractivity contribution is -0.133. The molecule has 0 unspecified atom stereocenters. The molecule has 0 aliphatic carbocycles. The molecule has 0 atom stereocenters. The predicted octanol–water partition coefficient (Wildman–Crippen LogP) is 5.90. The lowest BCUT2D eigenvalue weighted by Gasteiger charge is -2.24. The van der Waals surface area contributed by atoms with E-state index in [0.29, 0.717) is 17.4 Å². The molecule has 0 bridgehead atoms. The number of carbonyl (C=O) groups is 1. The zero-order chi connectivity index (χ0) is 27.8. The molecule has 0 radical (unpaired) electrons. The average molecular weight is 568 g/mol. The number of alkyl halides is 2. The molecule has 1 aliphatic heterocycles. The molecule has 1 fully saturated rings. The Labute approximate surface area is 227 Å². The normalized spacial score (nSPS) is 14.3. The van der Waals surface area contributed by atoms with Crippen LogP contribution in [0.1, 0.15) is 19.3 Å². The highest BCUT2D eigenvalue weighted by molar-refractivity contribution is 6.31. The van der Waals surface area contributed by atoms with Crippen molar-refractivity contribution in [3.63, 3.8) is 0 Å². The van der Waals surface area contributed by atoms with Gasteiger partial charge in [0.2, 0.25) is 5.91 Å². The molecular formula is C26H26ClF4N5O3. The summed E-state index contributed by atoms with van der Waals surface area (Å²) in [6.07, 6.45) is 7.82. The molecule has 2 heterocycles. The Hall–Kier alpha value is -3.48. The van der Waals surface area contributed by atoms with Crippen molar-refractivity contribution < 1.29 is 31.8 Å². The van der Waals surface area contributed by atoms with Gasteiger partial charge in [0, 0.05) is 24.1 Å². The first-order valence-corrected chi connectivity index (χ1v) is 12.6. The van der Waals surface area contributed by atoms with Crippen LogP contribution in [0.5, 0.6) is 5.75 Å². The zero-order valence-electron chi connectivity index (χ0n) is 20.7. The Morgan fingerprint density at radius 1 is 1.10 bits per heavy atom. The number of ether oxygens (including phenoxy) is 2. The van der Waals surface area contributed by atoms with Crippen molar-refractivity contribution in [1.82, 2.24) is 14.9 Å². The van der Waals surface area contributed by atoms with Gasteiger partial charge in [0.1, 0.15) is 35.3 Å². The number of nitrogens with one attached hydrogen (secondary N) is 2. The highest BCUT2D eigenvalue weighted by Crippen LogP contribution is 2.35. The number of hydrogen-bond acceptors (Lipinski definition) is 7. The SMILES string of the molecule is O=C(/C=C/CN1CCCCC1)Nc1cc2c(Nc3ccc(F)c(Cl)c3F)ncnc2cc1OCCOC(F)F. The smallest absolute Gasteiger partial charge is 0.345 e. The molecule has 4 rings (SSSR count). The molecule has 0 spiro atoms. The summed E-state index contributed by atoms with van der Waals surface area (Å²) in [7, 11) is 0. The third kappa shape index (κ3) is 7.78. The van der Waals surface area contributed by atoms with Crippen molar-refractivity contribution in [2.45, 2.75) is 25.9 Å². The third-order valence-electron chi connectivity index (χ3n) is 5.95. The van der Waals surface area contributed by atoms with Crippen LogP contribution < -0.4 is 15.4 Å². The summed E-state index contributed by atoms with van der Waals surface area (Å²) in [5.41, 5.74) is 0.407. The number of anilines is 3. The van der Waals surface area contributed by atoms with E-state index in [0.717, 1.165) is 32.0 Å². The van der Waals surface area contributed by atoms with E-state index < -0.39 is 29.2 Å². The van der Waals surface area contributed by atoms with Gasteiger partial charge in [-0.05, 0) is 44.1 Å². The minimum absolute atomic E-state index is 0.128. The first-order chi connectivity index (χ1) is 18.8. The van der Waals surface area contributed by atoms with Gasteiger partial charge in [0.05, 0.1) is 23.5 Å². The fourth-order valence-electron chi connectivity index (χ4n) is 4.06. The van der Waals surface area contributed by atoms with Crippen LogP contribution in [0, 0.1) is 11.6 Å². The van der Waals surface area contributed by atoms with E-state index >= 15 is 0 Å². The van der Waals surface area contributed by atoms with Crippen LogP contribution in [0.3, 0.4) is 0 Å². The molecular weight excluding hydrogens is 542 g/mol. The maximum absolute atomic E-state index is 14.5. The second-order valence-electron chi connectivity index (χ2n) is 8.67. The number of halogens is 5. The molecule has 3 aromatic rings. The van der Waals surface area contributed by atoms with E-state index in [-0.39, 0.29) is 36.2 Å². The molecule has 0 saturated carbocycles. The van der Waals surface area contributed by atoms with Crippen LogP contribution in [0.2, 0.25) is 5.02 Å². The quantitative estimate of drug-likeness (QED) is 0.129. The van der Waals surface area contributed by atoms with Crippen LogP contribution in [-0.4, -0.2) is 60.2 Å². The maximum Gasteiger partial charge on any atom is 0.345 e. The van der Waals surface area contributed by atoms with Crippen LogP contribution in [-0.2, 0) is 9.53 Å². The van der Waals surface area contributed by atoms with Crippen molar-refractivity contribution >= 4 is 45.6 Å². The van der Waals surface area contributed by atoms with E-state index in [1.165, 1.54) is 37.0 Å². The Morgan fingerprint density at radius 2 is 1.90 bits per heavy atom. The summed E-state index contributed by atoms with van der Waals surface area (Å²) >= 11 is 5.69. The number of carbonyl (C=O) groups excluding carboxylic acids is 1. The maximum atomic E-state index is 14.5. The Kier molecular flexibility index (Phi) is 9.90. The van der Waals surface area contributed by atoms with E-state index in [2.05, 4.69) is 30.2 Å². The van der Waals surface area contributed by atoms with Crippen molar-refractivity contribution in [3.05, 3.63) is 59.4 Å². The summed E-state index contributed by atoms with van der Waals surface area (Å²) in [6, 6.07) is 5.15. The van der Waals surface area contributed by atoms with Gasteiger partial charge in [0.25, 0.3) is 0 Å². The van der Waals surface area contributed by atoms with Crippen LogP contribution >= 0.6 is 11.6 Å². The molecule has 8 nitrogen and oxygen atoms in total. The molecule has 2 aromatic carbocycles. The number of aromatic nitrogens is 2. The summed E-state index contributed by atoms with van der Waals surface area (Å²) < 4.78 is 62.6. The highest BCUT2D eigenvalue weighted by atomic mass is 35.5. The monoisotopic (exact) mass is 567 g/mol. The topological polar surface area (TPSA) is 88.6 Å². The van der Waals surface area contributed by atoms with Gasteiger partial charge in [-0.3, -0.25) is 9.69 Å². The first-order valence-electron chi connectivity index (χ1n) is 12.2. The van der Waals surface area contributed by atoms with Crippen LogP contribution in [0.15, 0.2) is 42.7 Å². The number of rotatable bonds is 11. The molecule has 1 aliphatic rings. The summed E-state index contributed by atoms with van der Waals surface area (Å²) in [4.78, 5) is 23.3. The van der Waals surface area contributed by atoms with Gasteiger partial charge in [0.15, 0.2) is 5.82 Å². The fourth-order valence-corrected chi connectivity index (χ4v) is 4.23. The van der Waals surface area contributed by atoms with E-state index in [1.807, 2.05) is 0 Å². The van der Waals surface area contributed by atoms with Crippen molar-refractivity contribution in [1.29, 1.82) is 0 Å². The zero-order valence-corrected chi connectivity index (χ0v) is 21.5. The molecule has 208 valence electrons. The number of amides is 1. The van der Waals surface area contributed by atoms with Gasteiger partial charge in [-0.2, -0.15) is 8.78 Å². The standard InChI is InChI=1S/C26H26ClF4N5O3/c27-23-17(28)6-7-18(24(23)29)35-25-16-13-20(34-22(37)5-4-10-36-8-2-1-3-9-36)21(14-19(16)32-15-33-25)38-11-12-39-26(30)31/h4-7,13-15,26H,1-3,8-12H2,(H,34,37)(H,32,33,35)/b5-4+. The van der Waals surface area contributed by atoms with Gasteiger partial charge >= 0.3 is 6.61 Å². The summed E-state index contributed by atoms with van der Waals surface area (Å²) in [5, 5.41) is 5.17. The van der Waals surface area contributed by atoms with Crippen LogP contribution in [0.25, 0.3) is 10.9 Å². The minimum atomic E-state index is -2.95. The van der Waals surface area contributed by atoms with E-state index in [9.17, 15) is 22.4 Å². The lowest BCUT2D eigenvalue weighted by atomic mass is 10.1. The Bertz CT molecular complexity index is 1340. The number of likely N-dealkylation sites (tertiary alicyclic amines) is 1. The van der Waals surface area contributed by atoms with Gasteiger partial charge in [-0.15, -0.1) is 0 Å². The predicted molar refractivity (Wildman–Crippen MR) is 140 cm³/mol. The minimum Gasteiger partial charge on any atom is -0.489 e. The Balaban J connectivity index is 1.59. The molecule has 13 heteroatoms. The first kappa shape index (κ1) is 28.5. The number of hydrogen-bond donors (Lipinski definition) is 2. The summed E-state index contributed by atoms with van der Waals surface area (Å²) in [6.45, 7) is -0.974. The van der Waals surface area contributed by atoms with Crippen molar-refractivity contribution in [3.8, 4) is 5.75 Å². The van der Waals surface area contributed by atoms with Crippen molar-refractivity contribution in [2.24, 2.45) is 0 Å². The highest BCUT2D eigenvalue weighted by Gasteiger charge is 2.17. The molecule has 2 N–H and O–H groups in total. The number of nitrogens with zero attached hydrogens (tertiary/aromatic N) is 3. The lowest BCUT2D eigenvalue weighted by Crippen LogP contribution is -2.29. The van der Waals surface area contributed by atoms with E-state index in [1.54, 1.807) is 6.08 Å². The number of piperidine rings is 1. The second-order valence-corrected chi connectivity index (χ2v) is 9.05. The second kappa shape index (κ2) is 13.5. The molecule has 1 saturated heterocycles. The molecule has 1 amide bonds. The van der Waals surface area contributed by atoms with Gasteiger partial charge in [-0.25, -0.2) is 18.7 Å². The van der Waals surface area contributed by atoms with Crippen LogP contribution in [0.4, 0.5) is 34.8 Å². The van der Waals surface area contributed by atoms with Gasteiger partial charge < -0.3 is 20.1 Å². The number of fused-ring (bicyclic) bond motifs is 1. The number of benzene rings is 2. The van der Waals surface area contributed by atoms with Crippen molar-refractivity contribution in [2.75, 3.05) is 43.5 Å². The molecule has 39 heavy (non-hydrogen) atoms. The van der Waals surface area contributed by atoms with E-state index in [4.69, 9.17) is 16.3 Å². The third-order valence-corrected chi connectivity index (χ3v) is 6.30. The summed E-state index contributed by atoms with van der Waals surface area (Å²) in [5.74, 6) is -2.06. The average Bonchev–Trinajstić information content (AvgIpc) is 2.92. The fraction of sp³-hybridized carbons (Fsp3) is 0.346.